The molecular formula is C19H17O3P. The van der Waals surface area contributed by atoms with E-state index in [2.05, 4.69) is 91.0 Å². The van der Waals surface area contributed by atoms with Crippen molar-refractivity contribution >= 4 is 30.0 Å². The van der Waals surface area contributed by atoms with E-state index in [1.54, 1.807) is 0 Å². The second-order valence-electron chi connectivity index (χ2n) is 4.74. The van der Waals surface area contributed by atoms with E-state index in [0.717, 1.165) is 0 Å². The fraction of sp³-hybridized carbons (Fsp3) is 0. The molecule has 3 rings (SSSR count). The molecule has 23 heavy (non-hydrogen) atoms. The lowest BCUT2D eigenvalue weighted by molar-refractivity contribution is -0.275. The molecule has 3 aromatic rings. The Morgan fingerprint density at radius 1 is 0.652 bits per heavy atom. The van der Waals surface area contributed by atoms with Crippen molar-refractivity contribution in [1.82, 2.24) is 0 Å². The fourth-order valence-electron chi connectivity index (χ4n) is 2.31. The number of hydrogen-bond acceptors (Lipinski definition) is 2. The molecule has 0 aliphatic heterocycles. The van der Waals surface area contributed by atoms with Crippen molar-refractivity contribution in [3.8, 4) is 0 Å². The fourth-order valence-corrected chi connectivity index (χ4v) is 4.89. The van der Waals surface area contributed by atoms with Crippen LogP contribution in [0.4, 0.5) is 4.79 Å². The first kappa shape index (κ1) is 16.7. The van der Waals surface area contributed by atoms with Crippen molar-refractivity contribution in [3.63, 3.8) is 0 Å². The van der Waals surface area contributed by atoms with Crippen LogP contribution in [0.15, 0.2) is 91.0 Å². The largest absolute Gasteiger partial charge is 0.565 e. The molecule has 0 saturated heterocycles. The Morgan fingerprint density at radius 3 is 1.09 bits per heavy atom. The van der Waals surface area contributed by atoms with E-state index in [1.807, 2.05) is 0 Å². The Kier molecular flexibility index (Phi) is 6.34. The molecule has 4 heteroatoms. The molecule has 0 spiro atoms. The summed E-state index contributed by atoms with van der Waals surface area (Å²) >= 11 is 0. The third-order valence-corrected chi connectivity index (χ3v) is 5.92. The molecule has 0 radical (unpaired) electrons. The third-order valence-electron chi connectivity index (χ3n) is 3.19. The SMILES string of the molecule is O=C([O-])O.c1ccc([PH+](c2ccccc2)c2ccccc2)cc1. The van der Waals surface area contributed by atoms with Gasteiger partial charge in [-0.05, 0) is 36.4 Å². The van der Waals surface area contributed by atoms with Gasteiger partial charge in [-0.3, -0.25) is 0 Å². The molecule has 3 nitrogen and oxygen atoms in total. The Labute approximate surface area is 136 Å². The molecule has 0 atom stereocenters. The van der Waals surface area contributed by atoms with Crippen molar-refractivity contribution in [1.29, 1.82) is 0 Å². The van der Waals surface area contributed by atoms with Crippen LogP contribution in [0, 0.1) is 0 Å². The van der Waals surface area contributed by atoms with Crippen LogP contribution in [0.3, 0.4) is 0 Å². The number of carboxylic acid groups (broad SMARTS) is 2. The van der Waals surface area contributed by atoms with Gasteiger partial charge in [0.2, 0.25) is 6.16 Å². The van der Waals surface area contributed by atoms with Gasteiger partial charge >= 0.3 is 0 Å². The van der Waals surface area contributed by atoms with Gasteiger partial charge in [-0.2, -0.15) is 0 Å². The zero-order valence-electron chi connectivity index (χ0n) is 12.4. The predicted molar refractivity (Wildman–Crippen MR) is 94.6 cm³/mol. The van der Waals surface area contributed by atoms with E-state index < -0.39 is 14.1 Å². The van der Waals surface area contributed by atoms with Crippen LogP contribution >= 0.6 is 7.92 Å². The average molecular weight is 324 g/mol. The molecule has 0 aliphatic carbocycles. The summed E-state index contributed by atoms with van der Waals surface area (Å²) < 4.78 is 0. The van der Waals surface area contributed by atoms with Crippen molar-refractivity contribution in [2.45, 2.75) is 0 Å². The van der Waals surface area contributed by atoms with Gasteiger partial charge in [-0.1, -0.05) is 54.6 Å². The van der Waals surface area contributed by atoms with Crippen LogP contribution in [0.5, 0.6) is 0 Å². The van der Waals surface area contributed by atoms with Crippen molar-refractivity contribution in [2.24, 2.45) is 0 Å². The van der Waals surface area contributed by atoms with Gasteiger partial charge in [0, 0.05) is 0 Å². The minimum atomic E-state index is -2.08. The predicted octanol–water partition coefficient (Wildman–Crippen LogP) is 2.06. The molecular weight excluding hydrogens is 307 g/mol. The monoisotopic (exact) mass is 324 g/mol. The average Bonchev–Trinajstić information content (AvgIpc) is 2.58. The minimum absolute atomic E-state index is 0.877. The lowest BCUT2D eigenvalue weighted by Crippen LogP contribution is -2.20. The first-order valence-corrected chi connectivity index (χ1v) is 8.61. The van der Waals surface area contributed by atoms with Gasteiger partial charge in [-0.25, -0.2) is 0 Å². The molecule has 0 fully saturated rings. The Bertz CT molecular complexity index is 617. The summed E-state index contributed by atoms with van der Waals surface area (Å²) in [6.45, 7) is 0. The summed E-state index contributed by atoms with van der Waals surface area (Å²) in [6, 6.07) is 32.5. The summed E-state index contributed by atoms with van der Waals surface area (Å²) in [5.74, 6) is 0. The van der Waals surface area contributed by atoms with Crippen molar-refractivity contribution in [3.05, 3.63) is 91.0 Å². The summed E-state index contributed by atoms with van der Waals surface area (Å²) in [4.78, 5) is 8.44. The topological polar surface area (TPSA) is 60.4 Å². The van der Waals surface area contributed by atoms with Gasteiger partial charge in [0.25, 0.3) is 0 Å². The van der Waals surface area contributed by atoms with E-state index >= 15 is 0 Å². The first-order chi connectivity index (χ1) is 11.2. The number of carbonyl (C=O) groups is 1. The molecule has 0 aliphatic rings. The smallest absolute Gasteiger partial charge is 0.249 e. The highest BCUT2D eigenvalue weighted by atomic mass is 31.1. The van der Waals surface area contributed by atoms with Crippen LogP contribution in [0.25, 0.3) is 0 Å². The van der Waals surface area contributed by atoms with Crippen LogP contribution in [0.2, 0.25) is 0 Å². The van der Waals surface area contributed by atoms with E-state index in [1.165, 1.54) is 15.9 Å². The van der Waals surface area contributed by atoms with E-state index in [0.29, 0.717) is 0 Å². The van der Waals surface area contributed by atoms with E-state index in [-0.39, 0.29) is 0 Å². The number of rotatable bonds is 3. The van der Waals surface area contributed by atoms with E-state index in [9.17, 15) is 0 Å². The summed E-state index contributed by atoms with van der Waals surface area (Å²) in [6.07, 6.45) is -2.08. The Balaban J connectivity index is 0.000000433. The second-order valence-corrected chi connectivity index (χ2v) is 7.22. The zero-order valence-corrected chi connectivity index (χ0v) is 13.4. The van der Waals surface area contributed by atoms with Crippen molar-refractivity contribution < 1.29 is 15.0 Å². The van der Waals surface area contributed by atoms with Gasteiger partial charge < -0.3 is 15.0 Å². The minimum Gasteiger partial charge on any atom is -0.565 e. The third kappa shape index (κ3) is 5.24. The maximum Gasteiger partial charge on any atom is 0.249 e. The van der Waals surface area contributed by atoms with Crippen LogP contribution in [-0.4, -0.2) is 11.3 Å². The van der Waals surface area contributed by atoms with E-state index in [4.69, 9.17) is 15.0 Å². The summed E-state index contributed by atoms with van der Waals surface area (Å²) in [5.41, 5.74) is 0. The van der Waals surface area contributed by atoms with Gasteiger partial charge in [0.15, 0.2) is 0 Å². The first-order valence-electron chi connectivity index (χ1n) is 7.11. The highest BCUT2D eigenvalue weighted by molar-refractivity contribution is 7.79. The normalized spacial score (nSPS) is 9.78. The standard InChI is InChI=1S/C18H15P.CH2O3/c1-4-10-16(11-5-1)19(17-12-6-2-7-13-17)18-14-8-3-9-15-18;2-1(3)4/h1-15H;(H2,2,3,4). The molecule has 0 amide bonds. The van der Waals surface area contributed by atoms with Crippen LogP contribution < -0.4 is 21.0 Å². The summed E-state index contributed by atoms with van der Waals surface area (Å²) in [7, 11) is -0.877. The molecule has 116 valence electrons. The van der Waals surface area contributed by atoms with Gasteiger partial charge in [0.1, 0.15) is 15.9 Å². The zero-order chi connectivity index (χ0) is 16.5. The molecule has 0 bridgehead atoms. The maximum atomic E-state index is 8.44. The Morgan fingerprint density at radius 2 is 0.870 bits per heavy atom. The maximum absolute atomic E-state index is 8.44. The molecule has 1 N–H and O–H groups in total. The lowest BCUT2D eigenvalue weighted by Gasteiger charge is -2.10. The molecule has 0 aromatic heterocycles. The highest BCUT2D eigenvalue weighted by Crippen LogP contribution is 2.32. The molecule has 3 aromatic carbocycles. The van der Waals surface area contributed by atoms with Gasteiger partial charge in [-0.15, -0.1) is 0 Å². The molecule has 0 heterocycles. The number of benzene rings is 3. The lowest BCUT2D eigenvalue weighted by atomic mass is 10.4. The van der Waals surface area contributed by atoms with Crippen molar-refractivity contribution in [2.75, 3.05) is 0 Å². The summed E-state index contributed by atoms with van der Waals surface area (Å²) in [5, 5.41) is 19.6. The molecule has 0 unspecified atom stereocenters. The van der Waals surface area contributed by atoms with Crippen LogP contribution in [-0.2, 0) is 0 Å². The molecule has 0 saturated carbocycles. The quantitative estimate of drug-likeness (QED) is 0.750. The highest BCUT2D eigenvalue weighted by Gasteiger charge is 2.24. The van der Waals surface area contributed by atoms with Gasteiger partial charge in [0.05, 0.1) is 7.92 Å². The number of hydrogen-bond donors (Lipinski definition) is 1. The Hall–Kier alpha value is -2.64. The second kappa shape index (κ2) is 8.72. The van der Waals surface area contributed by atoms with Crippen LogP contribution in [0.1, 0.15) is 0 Å².